The van der Waals surface area contributed by atoms with Crippen LogP contribution in [0.15, 0.2) is 24.3 Å². The number of anilines is 2. The molecule has 0 saturated carbocycles. The number of amides is 1. The van der Waals surface area contributed by atoms with Gasteiger partial charge in [-0.3, -0.25) is 4.90 Å². The molecule has 146 valence electrons. The van der Waals surface area contributed by atoms with E-state index in [4.69, 9.17) is 17.0 Å². The summed E-state index contributed by atoms with van der Waals surface area (Å²) in [5, 5.41) is 3.98. The normalized spacial score (nSPS) is 22.9. The zero-order valence-corrected chi connectivity index (χ0v) is 17.1. The Labute approximate surface area is 170 Å². The van der Waals surface area contributed by atoms with Gasteiger partial charge in [-0.25, -0.2) is 4.79 Å². The van der Waals surface area contributed by atoms with Crippen molar-refractivity contribution in [1.82, 2.24) is 10.2 Å². The summed E-state index contributed by atoms with van der Waals surface area (Å²) in [5.41, 5.74) is 2.12. The van der Waals surface area contributed by atoms with Crippen LogP contribution in [-0.4, -0.2) is 73.0 Å². The molecule has 0 bridgehead atoms. The molecule has 1 aromatic rings. The first-order valence-corrected chi connectivity index (χ1v) is 11.2. The van der Waals surface area contributed by atoms with E-state index in [9.17, 15) is 4.79 Å². The molecule has 1 amide bonds. The number of nitrogens with one attached hydrogen (secondary N) is 1. The molecule has 0 radical (unpaired) electrons. The molecule has 0 aliphatic carbocycles. The SMILES string of the molecule is O=C1O[C@@H](CNC(=S)N2CCC2)CN1c1ccc(N2CCCSCC2)cc1. The van der Waals surface area contributed by atoms with Crippen molar-refractivity contribution in [3.63, 3.8) is 0 Å². The maximum atomic E-state index is 12.3. The monoisotopic (exact) mass is 406 g/mol. The molecule has 1 atom stereocenters. The van der Waals surface area contributed by atoms with Crippen LogP contribution in [0.2, 0.25) is 0 Å². The number of hydrogen-bond acceptors (Lipinski definition) is 5. The molecule has 4 rings (SSSR count). The van der Waals surface area contributed by atoms with Gasteiger partial charge < -0.3 is 19.9 Å². The summed E-state index contributed by atoms with van der Waals surface area (Å²) in [6.07, 6.45) is 1.95. The van der Waals surface area contributed by atoms with Gasteiger partial charge in [0.2, 0.25) is 0 Å². The molecular formula is C19H26N4O2S2. The standard InChI is InChI=1S/C19H26N4O2S2/c24-19-23(14-17(25-19)13-20-18(26)22-7-1-8-22)16-5-3-15(4-6-16)21-9-2-11-27-12-10-21/h3-6,17H,1-2,7-14H2,(H,20,26)/t17-/m0/s1. The fourth-order valence-corrected chi connectivity index (χ4v) is 4.67. The van der Waals surface area contributed by atoms with E-state index in [1.165, 1.54) is 30.0 Å². The molecule has 3 saturated heterocycles. The average Bonchev–Trinajstić information content (AvgIpc) is 2.83. The van der Waals surface area contributed by atoms with Gasteiger partial charge >= 0.3 is 6.09 Å². The summed E-state index contributed by atoms with van der Waals surface area (Å²) in [4.78, 5) is 18.5. The zero-order valence-electron chi connectivity index (χ0n) is 15.4. The molecule has 3 aliphatic heterocycles. The lowest BCUT2D eigenvalue weighted by molar-refractivity contribution is 0.142. The number of benzene rings is 1. The van der Waals surface area contributed by atoms with E-state index >= 15 is 0 Å². The molecular weight excluding hydrogens is 380 g/mol. The summed E-state index contributed by atoms with van der Waals surface area (Å²) in [6, 6.07) is 8.27. The fourth-order valence-electron chi connectivity index (χ4n) is 3.52. The summed E-state index contributed by atoms with van der Waals surface area (Å²) < 4.78 is 5.51. The van der Waals surface area contributed by atoms with Gasteiger partial charge in [-0.05, 0) is 55.1 Å². The van der Waals surface area contributed by atoms with Crippen LogP contribution in [0.4, 0.5) is 16.2 Å². The minimum Gasteiger partial charge on any atom is -0.442 e. The second kappa shape index (κ2) is 8.56. The van der Waals surface area contributed by atoms with Crippen LogP contribution < -0.4 is 15.1 Å². The highest BCUT2D eigenvalue weighted by molar-refractivity contribution is 7.99. The minimum atomic E-state index is -0.282. The number of likely N-dealkylation sites (tertiary alicyclic amines) is 1. The Morgan fingerprint density at radius 3 is 2.63 bits per heavy atom. The molecule has 1 aromatic carbocycles. The van der Waals surface area contributed by atoms with Crippen molar-refractivity contribution in [2.45, 2.75) is 18.9 Å². The maximum Gasteiger partial charge on any atom is 0.414 e. The molecule has 27 heavy (non-hydrogen) atoms. The first-order valence-electron chi connectivity index (χ1n) is 9.64. The average molecular weight is 407 g/mol. The summed E-state index contributed by atoms with van der Waals surface area (Å²) in [6.45, 7) is 5.33. The number of ether oxygens (including phenoxy) is 1. The van der Waals surface area contributed by atoms with Gasteiger partial charge in [-0.2, -0.15) is 11.8 Å². The van der Waals surface area contributed by atoms with E-state index in [1.54, 1.807) is 4.90 Å². The fraction of sp³-hybridized carbons (Fsp3) is 0.579. The van der Waals surface area contributed by atoms with Crippen molar-refractivity contribution >= 4 is 46.6 Å². The third-order valence-corrected chi connectivity index (χ3v) is 6.70. The van der Waals surface area contributed by atoms with Crippen molar-refractivity contribution in [3.8, 4) is 0 Å². The lowest BCUT2D eigenvalue weighted by atomic mass is 10.2. The highest BCUT2D eigenvalue weighted by atomic mass is 32.2. The Balaban J connectivity index is 1.32. The van der Waals surface area contributed by atoms with Crippen molar-refractivity contribution in [2.75, 3.05) is 60.6 Å². The lowest BCUT2D eigenvalue weighted by Crippen LogP contribution is -2.49. The van der Waals surface area contributed by atoms with Crippen LogP contribution in [0.25, 0.3) is 0 Å². The van der Waals surface area contributed by atoms with E-state index < -0.39 is 0 Å². The lowest BCUT2D eigenvalue weighted by Gasteiger charge is -2.33. The number of thiocarbonyl (C=S) groups is 1. The molecule has 8 heteroatoms. The van der Waals surface area contributed by atoms with Gasteiger partial charge in [0.05, 0.1) is 13.1 Å². The number of carbonyl (C=O) groups excluding carboxylic acids is 1. The van der Waals surface area contributed by atoms with Crippen LogP contribution >= 0.6 is 24.0 Å². The predicted octanol–water partition coefficient (Wildman–Crippen LogP) is 2.54. The van der Waals surface area contributed by atoms with Crippen molar-refractivity contribution in [1.29, 1.82) is 0 Å². The number of cyclic esters (lactones) is 1. The van der Waals surface area contributed by atoms with Gasteiger partial charge in [0.15, 0.2) is 5.11 Å². The van der Waals surface area contributed by atoms with Crippen LogP contribution in [0.5, 0.6) is 0 Å². The Morgan fingerprint density at radius 1 is 1.11 bits per heavy atom. The largest absolute Gasteiger partial charge is 0.442 e. The van der Waals surface area contributed by atoms with Crippen LogP contribution in [0, 0.1) is 0 Å². The van der Waals surface area contributed by atoms with Crippen LogP contribution in [-0.2, 0) is 4.74 Å². The molecule has 3 fully saturated rings. The first kappa shape index (κ1) is 18.7. The number of rotatable bonds is 4. The van der Waals surface area contributed by atoms with Crippen LogP contribution in [0.1, 0.15) is 12.8 Å². The summed E-state index contributed by atoms with van der Waals surface area (Å²) >= 11 is 7.38. The summed E-state index contributed by atoms with van der Waals surface area (Å²) in [7, 11) is 0. The molecule has 0 unspecified atom stereocenters. The van der Waals surface area contributed by atoms with Gasteiger partial charge in [-0.1, -0.05) is 0 Å². The third-order valence-electron chi connectivity index (χ3n) is 5.25. The van der Waals surface area contributed by atoms with E-state index in [2.05, 4.69) is 27.2 Å². The van der Waals surface area contributed by atoms with E-state index in [0.29, 0.717) is 13.1 Å². The minimum absolute atomic E-state index is 0.181. The molecule has 0 aromatic heterocycles. The Hall–Kier alpha value is -1.67. The molecule has 3 heterocycles. The van der Waals surface area contributed by atoms with Crippen molar-refractivity contribution in [2.24, 2.45) is 0 Å². The number of hydrogen-bond donors (Lipinski definition) is 1. The van der Waals surface area contributed by atoms with Gasteiger partial charge in [0, 0.05) is 43.3 Å². The first-order chi connectivity index (χ1) is 13.2. The zero-order chi connectivity index (χ0) is 18.6. The number of thioether (sulfide) groups is 1. The molecule has 3 aliphatic rings. The molecule has 1 N–H and O–H groups in total. The summed E-state index contributed by atoms with van der Waals surface area (Å²) in [5.74, 6) is 2.42. The van der Waals surface area contributed by atoms with Gasteiger partial charge in [-0.15, -0.1) is 0 Å². The van der Waals surface area contributed by atoms with E-state index in [-0.39, 0.29) is 12.2 Å². The van der Waals surface area contributed by atoms with Crippen molar-refractivity contribution < 1.29 is 9.53 Å². The Morgan fingerprint density at radius 2 is 1.89 bits per heavy atom. The van der Waals surface area contributed by atoms with E-state index in [0.717, 1.165) is 37.0 Å². The van der Waals surface area contributed by atoms with E-state index in [1.807, 2.05) is 23.9 Å². The number of nitrogens with zero attached hydrogens (tertiary/aromatic N) is 3. The highest BCUT2D eigenvalue weighted by Crippen LogP contribution is 2.26. The number of carbonyl (C=O) groups is 1. The predicted molar refractivity (Wildman–Crippen MR) is 115 cm³/mol. The third kappa shape index (κ3) is 4.43. The molecule has 6 nitrogen and oxygen atoms in total. The Kier molecular flexibility index (Phi) is 5.92. The highest BCUT2D eigenvalue weighted by Gasteiger charge is 2.32. The second-order valence-corrected chi connectivity index (χ2v) is 8.72. The topological polar surface area (TPSA) is 48.1 Å². The van der Waals surface area contributed by atoms with Crippen LogP contribution in [0.3, 0.4) is 0 Å². The van der Waals surface area contributed by atoms with Gasteiger partial charge in [0.25, 0.3) is 0 Å². The second-order valence-electron chi connectivity index (χ2n) is 7.11. The smallest absolute Gasteiger partial charge is 0.414 e. The molecule has 0 spiro atoms. The van der Waals surface area contributed by atoms with Gasteiger partial charge in [0.1, 0.15) is 6.10 Å². The quantitative estimate of drug-likeness (QED) is 0.771. The van der Waals surface area contributed by atoms with Crippen molar-refractivity contribution in [3.05, 3.63) is 24.3 Å². The Bertz CT molecular complexity index is 673. The maximum absolute atomic E-state index is 12.3.